The molecule has 0 radical (unpaired) electrons. The summed E-state index contributed by atoms with van der Waals surface area (Å²) < 4.78 is 5.78. The number of aromatic carboxylic acids is 1. The Morgan fingerprint density at radius 3 is 2.50 bits per heavy atom. The van der Waals surface area contributed by atoms with Gasteiger partial charge in [0, 0.05) is 12.6 Å². The summed E-state index contributed by atoms with van der Waals surface area (Å²) in [5.74, 6) is -1.54. The predicted octanol–water partition coefficient (Wildman–Crippen LogP) is 1.82. The van der Waals surface area contributed by atoms with E-state index in [1.807, 2.05) is 30.3 Å². The number of ether oxygens (including phenoxy) is 1. The van der Waals surface area contributed by atoms with Crippen molar-refractivity contribution in [2.24, 2.45) is 0 Å². The SMILES string of the molecule is O=C(O)c1cnc(C(=O)NC2CCOC(c3ccccc3)C2)cn1. The summed E-state index contributed by atoms with van der Waals surface area (Å²) in [4.78, 5) is 30.6. The average molecular weight is 327 g/mol. The number of nitrogens with one attached hydrogen (secondary N) is 1. The van der Waals surface area contributed by atoms with Gasteiger partial charge in [0.25, 0.3) is 5.91 Å². The molecule has 124 valence electrons. The molecule has 0 spiro atoms. The Balaban J connectivity index is 1.62. The Hall–Kier alpha value is -2.80. The molecular formula is C17H17N3O4. The highest BCUT2D eigenvalue weighted by molar-refractivity contribution is 5.92. The summed E-state index contributed by atoms with van der Waals surface area (Å²) in [6.45, 7) is 0.564. The van der Waals surface area contributed by atoms with Gasteiger partial charge in [-0.05, 0) is 18.4 Å². The Morgan fingerprint density at radius 2 is 1.83 bits per heavy atom. The highest BCUT2D eigenvalue weighted by atomic mass is 16.5. The van der Waals surface area contributed by atoms with Crippen molar-refractivity contribution >= 4 is 11.9 Å². The number of carbonyl (C=O) groups is 2. The van der Waals surface area contributed by atoms with E-state index in [2.05, 4.69) is 15.3 Å². The maximum absolute atomic E-state index is 12.2. The van der Waals surface area contributed by atoms with Crippen LogP contribution in [0.1, 0.15) is 45.5 Å². The van der Waals surface area contributed by atoms with Gasteiger partial charge >= 0.3 is 5.97 Å². The van der Waals surface area contributed by atoms with Crippen LogP contribution in [0.3, 0.4) is 0 Å². The molecule has 2 atom stereocenters. The minimum absolute atomic E-state index is 0.0302. The van der Waals surface area contributed by atoms with Crippen LogP contribution in [-0.4, -0.2) is 39.6 Å². The molecule has 1 aliphatic rings. The molecule has 3 rings (SSSR count). The molecule has 2 heterocycles. The molecule has 7 heteroatoms. The molecule has 1 amide bonds. The monoisotopic (exact) mass is 327 g/mol. The van der Waals surface area contributed by atoms with Crippen LogP contribution in [0.25, 0.3) is 0 Å². The molecule has 1 aliphatic heterocycles. The first-order chi connectivity index (χ1) is 11.6. The number of carbonyl (C=O) groups excluding carboxylic acids is 1. The number of carboxylic acid groups (broad SMARTS) is 1. The second kappa shape index (κ2) is 7.18. The van der Waals surface area contributed by atoms with Gasteiger partial charge < -0.3 is 15.2 Å². The number of carboxylic acids is 1. The second-order valence-electron chi connectivity index (χ2n) is 5.56. The third-order valence-electron chi connectivity index (χ3n) is 3.89. The van der Waals surface area contributed by atoms with Gasteiger partial charge in [0.15, 0.2) is 5.69 Å². The van der Waals surface area contributed by atoms with Crippen LogP contribution in [0, 0.1) is 0 Å². The molecule has 0 bridgehead atoms. The Morgan fingerprint density at radius 1 is 1.12 bits per heavy atom. The normalized spacial score (nSPS) is 20.3. The maximum atomic E-state index is 12.2. The smallest absolute Gasteiger partial charge is 0.356 e. The minimum Gasteiger partial charge on any atom is -0.476 e. The Kier molecular flexibility index (Phi) is 4.81. The number of rotatable bonds is 4. The van der Waals surface area contributed by atoms with Crippen molar-refractivity contribution in [3.8, 4) is 0 Å². The van der Waals surface area contributed by atoms with Crippen LogP contribution in [0.4, 0.5) is 0 Å². The summed E-state index contributed by atoms with van der Waals surface area (Å²) in [5.41, 5.74) is 0.992. The first kappa shape index (κ1) is 16.1. The number of hydrogen-bond acceptors (Lipinski definition) is 5. The average Bonchev–Trinajstić information content (AvgIpc) is 2.63. The fourth-order valence-electron chi connectivity index (χ4n) is 2.64. The third-order valence-corrected chi connectivity index (χ3v) is 3.89. The highest BCUT2D eigenvalue weighted by Gasteiger charge is 2.25. The van der Waals surface area contributed by atoms with Crippen LogP contribution in [0.5, 0.6) is 0 Å². The van der Waals surface area contributed by atoms with E-state index >= 15 is 0 Å². The summed E-state index contributed by atoms with van der Waals surface area (Å²) in [6.07, 6.45) is 3.60. The molecule has 1 aromatic carbocycles. The van der Waals surface area contributed by atoms with E-state index in [4.69, 9.17) is 9.84 Å². The van der Waals surface area contributed by atoms with Gasteiger partial charge in [0.2, 0.25) is 0 Å². The Labute approximate surface area is 138 Å². The van der Waals surface area contributed by atoms with Crippen LogP contribution in [-0.2, 0) is 4.74 Å². The molecule has 0 aliphatic carbocycles. The van der Waals surface area contributed by atoms with E-state index in [1.54, 1.807) is 0 Å². The van der Waals surface area contributed by atoms with Crippen LogP contribution >= 0.6 is 0 Å². The van der Waals surface area contributed by atoms with E-state index in [1.165, 1.54) is 6.20 Å². The van der Waals surface area contributed by atoms with E-state index < -0.39 is 5.97 Å². The number of aromatic nitrogens is 2. The number of benzene rings is 1. The zero-order valence-corrected chi connectivity index (χ0v) is 12.9. The van der Waals surface area contributed by atoms with Crippen LogP contribution < -0.4 is 5.32 Å². The van der Waals surface area contributed by atoms with Crippen LogP contribution in [0.15, 0.2) is 42.7 Å². The van der Waals surface area contributed by atoms with Crippen molar-refractivity contribution in [3.05, 3.63) is 59.7 Å². The molecule has 0 saturated carbocycles. The summed E-state index contributed by atoms with van der Waals surface area (Å²) in [7, 11) is 0. The molecule has 2 N–H and O–H groups in total. The lowest BCUT2D eigenvalue weighted by atomic mass is 9.97. The van der Waals surface area contributed by atoms with Crippen molar-refractivity contribution in [2.45, 2.75) is 25.0 Å². The first-order valence-electron chi connectivity index (χ1n) is 7.66. The molecule has 24 heavy (non-hydrogen) atoms. The second-order valence-corrected chi connectivity index (χ2v) is 5.56. The van der Waals surface area contributed by atoms with Gasteiger partial charge in [-0.15, -0.1) is 0 Å². The predicted molar refractivity (Wildman–Crippen MR) is 84.6 cm³/mol. The first-order valence-corrected chi connectivity index (χ1v) is 7.66. The fraction of sp³-hybridized carbons (Fsp3) is 0.294. The quantitative estimate of drug-likeness (QED) is 0.888. The topological polar surface area (TPSA) is 101 Å². The standard InChI is InChI=1S/C17H17N3O4/c21-16(13-9-19-14(10-18-13)17(22)23)20-12-6-7-24-15(8-12)11-4-2-1-3-5-11/h1-5,9-10,12,15H,6-8H2,(H,20,21)(H,22,23). The molecule has 2 aromatic rings. The van der Waals surface area contributed by atoms with Crippen molar-refractivity contribution in [2.75, 3.05) is 6.61 Å². The largest absolute Gasteiger partial charge is 0.476 e. The summed E-state index contributed by atoms with van der Waals surface area (Å²) >= 11 is 0. The zero-order valence-electron chi connectivity index (χ0n) is 12.9. The Bertz CT molecular complexity index is 718. The van der Waals surface area contributed by atoms with Gasteiger partial charge in [-0.25, -0.2) is 14.8 Å². The lowest BCUT2D eigenvalue weighted by molar-refractivity contribution is 0.000857. The van der Waals surface area contributed by atoms with Crippen molar-refractivity contribution in [3.63, 3.8) is 0 Å². The van der Waals surface area contributed by atoms with Crippen molar-refractivity contribution in [1.82, 2.24) is 15.3 Å². The molecular weight excluding hydrogens is 310 g/mol. The molecule has 2 unspecified atom stereocenters. The van der Waals surface area contributed by atoms with Gasteiger partial charge in [0.05, 0.1) is 18.5 Å². The third kappa shape index (κ3) is 3.75. The van der Waals surface area contributed by atoms with Gasteiger partial charge in [-0.3, -0.25) is 4.79 Å². The van der Waals surface area contributed by atoms with Crippen LogP contribution in [0.2, 0.25) is 0 Å². The lowest BCUT2D eigenvalue weighted by Crippen LogP contribution is -2.40. The van der Waals surface area contributed by atoms with Crippen molar-refractivity contribution in [1.29, 1.82) is 0 Å². The van der Waals surface area contributed by atoms with E-state index in [0.717, 1.165) is 18.2 Å². The summed E-state index contributed by atoms with van der Waals surface area (Å²) in [6, 6.07) is 9.85. The number of nitrogens with zero attached hydrogens (tertiary/aromatic N) is 2. The highest BCUT2D eigenvalue weighted by Crippen LogP contribution is 2.27. The molecule has 1 saturated heterocycles. The van der Waals surface area contributed by atoms with E-state index in [0.29, 0.717) is 13.0 Å². The van der Waals surface area contributed by atoms with E-state index in [9.17, 15) is 9.59 Å². The molecule has 1 aromatic heterocycles. The van der Waals surface area contributed by atoms with Gasteiger partial charge in [-0.1, -0.05) is 30.3 Å². The van der Waals surface area contributed by atoms with Crippen molar-refractivity contribution < 1.29 is 19.4 Å². The number of amides is 1. The summed E-state index contributed by atoms with van der Waals surface area (Å²) in [5, 5.41) is 11.7. The number of hydrogen-bond donors (Lipinski definition) is 2. The maximum Gasteiger partial charge on any atom is 0.356 e. The van der Waals surface area contributed by atoms with Gasteiger partial charge in [-0.2, -0.15) is 0 Å². The lowest BCUT2D eigenvalue weighted by Gasteiger charge is -2.30. The molecule has 7 nitrogen and oxygen atoms in total. The zero-order chi connectivity index (χ0) is 16.9. The fourth-order valence-corrected chi connectivity index (χ4v) is 2.64. The van der Waals surface area contributed by atoms with Gasteiger partial charge in [0.1, 0.15) is 5.69 Å². The van der Waals surface area contributed by atoms with E-state index in [-0.39, 0.29) is 29.4 Å². The minimum atomic E-state index is -1.18. The molecule has 1 fully saturated rings.